The van der Waals surface area contributed by atoms with Gasteiger partial charge in [0.05, 0.1) is 11.3 Å². The largest absolute Gasteiger partial charge is 0.481 e. The average Bonchev–Trinajstić information content (AvgIpc) is 3.12. The topological polar surface area (TPSA) is 14.2 Å². The molecule has 0 saturated heterocycles. The van der Waals surface area contributed by atoms with Gasteiger partial charge in [0.2, 0.25) is 0 Å². The minimum absolute atomic E-state index is 0.205. The number of alkyl halides is 5. The summed E-state index contributed by atoms with van der Waals surface area (Å²) in [5.41, 5.74) is -1.44. The molecular formula is C22H17ClF7NO. The number of rotatable bonds is 7. The van der Waals surface area contributed by atoms with E-state index in [9.17, 15) is 30.7 Å². The first-order chi connectivity index (χ1) is 15.0. The van der Waals surface area contributed by atoms with Crippen LogP contribution in [0.4, 0.5) is 30.7 Å². The van der Waals surface area contributed by atoms with Crippen molar-refractivity contribution in [3.05, 3.63) is 82.1 Å². The lowest BCUT2D eigenvalue weighted by Crippen LogP contribution is -2.34. The highest BCUT2D eigenvalue weighted by Gasteiger charge is 2.60. The molecule has 2 nitrogen and oxygen atoms in total. The van der Waals surface area contributed by atoms with Gasteiger partial charge < -0.3 is 9.30 Å². The Morgan fingerprint density at radius 1 is 0.938 bits per heavy atom. The number of aryl methyl sites for hydroxylation is 1. The number of hydrogen-bond donors (Lipinski definition) is 0. The summed E-state index contributed by atoms with van der Waals surface area (Å²) in [5.74, 6) is -8.25. The molecule has 172 valence electrons. The fraction of sp³-hybridized carbons (Fsp3) is 0.273. The van der Waals surface area contributed by atoms with E-state index in [1.165, 1.54) is 24.3 Å². The Balaban J connectivity index is 2.04. The van der Waals surface area contributed by atoms with Crippen molar-refractivity contribution >= 4 is 11.6 Å². The Morgan fingerprint density at radius 2 is 1.53 bits per heavy atom. The quantitative estimate of drug-likeness (QED) is 0.318. The van der Waals surface area contributed by atoms with Crippen LogP contribution in [0.5, 0.6) is 5.75 Å². The van der Waals surface area contributed by atoms with Crippen LogP contribution in [0.25, 0.3) is 5.69 Å². The van der Waals surface area contributed by atoms with Crippen molar-refractivity contribution in [2.24, 2.45) is 0 Å². The summed E-state index contributed by atoms with van der Waals surface area (Å²) in [4.78, 5) is 0. The summed E-state index contributed by atoms with van der Waals surface area (Å²) in [6.07, 6.45) is -3.86. The zero-order chi connectivity index (χ0) is 23.7. The highest BCUT2D eigenvalue weighted by atomic mass is 35.5. The van der Waals surface area contributed by atoms with Gasteiger partial charge in [-0.05, 0) is 54.4 Å². The van der Waals surface area contributed by atoms with Crippen molar-refractivity contribution in [2.75, 3.05) is 0 Å². The predicted octanol–water partition coefficient (Wildman–Crippen LogP) is 7.59. The van der Waals surface area contributed by atoms with Gasteiger partial charge in [0.25, 0.3) is 0 Å². The third kappa shape index (κ3) is 4.72. The molecule has 0 spiro atoms. The molecule has 0 unspecified atom stereocenters. The first-order valence-electron chi connectivity index (χ1n) is 9.47. The zero-order valence-electron chi connectivity index (χ0n) is 16.6. The van der Waals surface area contributed by atoms with Gasteiger partial charge in [0.15, 0.2) is 17.4 Å². The Hall–Kier alpha value is -2.68. The third-order valence-corrected chi connectivity index (χ3v) is 4.99. The van der Waals surface area contributed by atoms with Crippen LogP contribution in [0.1, 0.15) is 30.2 Å². The van der Waals surface area contributed by atoms with E-state index in [2.05, 4.69) is 0 Å². The number of halogens is 8. The molecule has 0 aliphatic heterocycles. The Labute approximate surface area is 184 Å². The molecule has 1 aromatic heterocycles. The van der Waals surface area contributed by atoms with E-state index in [-0.39, 0.29) is 5.69 Å². The van der Waals surface area contributed by atoms with Crippen molar-refractivity contribution < 1.29 is 35.5 Å². The van der Waals surface area contributed by atoms with Crippen LogP contribution in [0, 0.1) is 11.6 Å². The minimum atomic E-state index is -5.88. The normalized spacial score (nSPS) is 12.3. The molecule has 3 rings (SSSR count). The van der Waals surface area contributed by atoms with E-state index >= 15 is 0 Å². The van der Waals surface area contributed by atoms with Crippen LogP contribution in [0.2, 0.25) is 5.02 Å². The van der Waals surface area contributed by atoms with Gasteiger partial charge in [0.1, 0.15) is 6.61 Å². The summed E-state index contributed by atoms with van der Waals surface area (Å²) >= 11 is 5.80. The molecule has 0 amide bonds. The number of hydrogen-bond acceptors (Lipinski definition) is 1. The molecule has 0 aliphatic carbocycles. The third-order valence-electron chi connectivity index (χ3n) is 4.74. The van der Waals surface area contributed by atoms with Gasteiger partial charge in [-0.1, -0.05) is 24.9 Å². The van der Waals surface area contributed by atoms with Gasteiger partial charge in [-0.3, -0.25) is 0 Å². The maximum absolute atomic E-state index is 14.3. The Kier molecular flexibility index (Phi) is 6.78. The molecule has 0 N–H and O–H groups in total. The SMILES string of the molecule is CCCc1cc(F)c(OCc2c(C(F)(F)C(F)(F)F)ccn2-c2ccc(Cl)cc2)c(F)c1. The smallest absolute Gasteiger partial charge is 0.458 e. The summed E-state index contributed by atoms with van der Waals surface area (Å²) in [6.45, 7) is 0.866. The van der Waals surface area contributed by atoms with Crippen molar-refractivity contribution in [1.29, 1.82) is 0 Å². The maximum atomic E-state index is 14.3. The van der Waals surface area contributed by atoms with Crippen LogP contribution in [-0.2, 0) is 19.0 Å². The van der Waals surface area contributed by atoms with Crippen LogP contribution in [-0.4, -0.2) is 10.7 Å². The molecular weight excluding hydrogens is 463 g/mol. The summed E-state index contributed by atoms with van der Waals surface area (Å²) < 4.78 is 102. The van der Waals surface area contributed by atoms with E-state index in [0.717, 1.165) is 22.9 Å². The van der Waals surface area contributed by atoms with Crippen molar-refractivity contribution in [2.45, 2.75) is 38.5 Å². The lowest BCUT2D eigenvalue weighted by molar-refractivity contribution is -0.289. The molecule has 0 atom stereocenters. The highest BCUT2D eigenvalue weighted by Crippen LogP contribution is 2.46. The number of ether oxygens (including phenoxy) is 1. The van der Waals surface area contributed by atoms with E-state index in [0.29, 0.717) is 29.5 Å². The molecule has 0 aliphatic rings. The van der Waals surface area contributed by atoms with Crippen molar-refractivity contribution in [3.8, 4) is 11.4 Å². The number of benzene rings is 2. The molecule has 0 fully saturated rings. The summed E-state index contributed by atoms with van der Waals surface area (Å²) in [6, 6.07) is 8.27. The lowest BCUT2D eigenvalue weighted by Gasteiger charge is -2.21. The molecule has 0 saturated carbocycles. The van der Waals surface area contributed by atoms with E-state index < -0.39 is 47.3 Å². The first-order valence-corrected chi connectivity index (χ1v) is 9.85. The maximum Gasteiger partial charge on any atom is 0.458 e. The van der Waals surface area contributed by atoms with E-state index in [4.69, 9.17) is 16.3 Å². The monoisotopic (exact) mass is 479 g/mol. The zero-order valence-corrected chi connectivity index (χ0v) is 17.4. The number of aromatic nitrogens is 1. The Bertz CT molecular complexity index is 1070. The van der Waals surface area contributed by atoms with Gasteiger partial charge >= 0.3 is 12.1 Å². The molecule has 0 radical (unpaired) electrons. The first kappa shape index (κ1) is 24.0. The van der Waals surface area contributed by atoms with Gasteiger partial charge in [-0.15, -0.1) is 0 Å². The minimum Gasteiger partial charge on any atom is -0.481 e. The summed E-state index contributed by atoms with van der Waals surface area (Å²) in [5, 5.41) is 0.316. The van der Waals surface area contributed by atoms with Crippen LogP contribution in [0.15, 0.2) is 48.7 Å². The second kappa shape index (κ2) is 9.05. The second-order valence-corrected chi connectivity index (χ2v) is 7.46. The molecule has 3 aromatic rings. The molecule has 10 heteroatoms. The van der Waals surface area contributed by atoms with Crippen LogP contribution in [0.3, 0.4) is 0 Å². The predicted molar refractivity (Wildman–Crippen MR) is 105 cm³/mol. The van der Waals surface area contributed by atoms with E-state index in [1.54, 1.807) is 0 Å². The van der Waals surface area contributed by atoms with Crippen molar-refractivity contribution in [3.63, 3.8) is 0 Å². The average molecular weight is 480 g/mol. The lowest BCUT2D eigenvalue weighted by atomic mass is 10.1. The van der Waals surface area contributed by atoms with Gasteiger partial charge in [-0.2, -0.15) is 22.0 Å². The molecule has 0 bridgehead atoms. The molecule has 32 heavy (non-hydrogen) atoms. The highest BCUT2D eigenvalue weighted by molar-refractivity contribution is 6.30. The fourth-order valence-electron chi connectivity index (χ4n) is 3.22. The Morgan fingerprint density at radius 3 is 2.06 bits per heavy atom. The van der Waals surface area contributed by atoms with Crippen LogP contribution < -0.4 is 4.74 Å². The van der Waals surface area contributed by atoms with Gasteiger partial charge in [-0.25, -0.2) is 8.78 Å². The van der Waals surface area contributed by atoms with Crippen LogP contribution >= 0.6 is 11.6 Å². The van der Waals surface area contributed by atoms with E-state index in [1.807, 2.05) is 6.92 Å². The van der Waals surface area contributed by atoms with Crippen molar-refractivity contribution in [1.82, 2.24) is 4.57 Å². The molecule has 2 aromatic carbocycles. The number of nitrogens with zero attached hydrogens (tertiary/aromatic N) is 1. The van der Waals surface area contributed by atoms with Gasteiger partial charge in [0, 0.05) is 16.9 Å². The second-order valence-electron chi connectivity index (χ2n) is 7.02. The summed E-state index contributed by atoms with van der Waals surface area (Å²) in [7, 11) is 0. The standard InChI is InChI=1S/C22H17ClF7NO/c1-2-3-13-10-17(24)20(18(25)11-13)32-12-19-16(21(26,27)22(28,29)30)8-9-31(19)15-6-4-14(23)5-7-15/h4-11H,2-3,12H2,1H3. The molecule has 1 heterocycles. The fourth-order valence-corrected chi connectivity index (χ4v) is 3.34.